The van der Waals surface area contributed by atoms with E-state index in [-0.39, 0.29) is 19.1 Å². The lowest BCUT2D eigenvalue weighted by Crippen LogP contribution is -2.27. The van der Waals surface area contributed by atoms with Gasteiger partial charge in [0.2, 0.25) is 5.91 Å². The third-order valence-corrected chi connectivity index (χ3v) is 4.42. The van der Waals surface area contributed by atoms with Gasteiger partial charge >= 0.3 is 0 Å². The molecule has 28 heavy (non-hydrogen) atoms. The van der Waals surface area contributed by atoms with Crippen molar-refractivity contribution in [2.45, 2.75) is 13.1 Å². The number of halogens is 1. The molecule has 1 amide bonds. The van der Waals surface area contributed by atoms with Gasteiger partial charge in [0.25, 0.3) is 0 Å². The number of ether oxygens (including phenoxy) is 1. The molecule has 0 aliphatic heterocycles. The number of H-pyrrole nitrogens is 1. The molecular formula is C19H16ClN5O2S. The van der Waals surface area contributed by atoms with E-state index < -0.39 is 0 Å². The molecule has 0 saturated heterocycles. The molecule has 0 fully saturated rings. The largest absolute Gasteiger partial charge is 0.479 e. The van der Waals surface area contributed by atoms with Crippen molar-refractivity contribution in [2.24, 2.45) is 0 Å². The smallest absolute Gasteiger partial charge is 0.240 e. The second-order valence-corrected chi connectivity index (χ2v) is 6.64. The average Bonchev–Trinajstić information content (AvgIpc) is 3.06. The Morgan fingerprint density at radius 1 is 1.32 bits per heavy atom. The van der Waals surface area contributed by atoms with Gasteiger partial charge in [0.15, 0.2) is 17.2 Å². The number of nitriles is 1. The second kappa shape index (κ2) is 9.17. The number of rotatable bonds is 7. The van der Waals surface area contributed by atoms with Crippen molar-refractivity contribution in [1.82, 2.24) is 20.1 Å². The Hall–Kier alpha value is -3.15. The number of hydrogen-bond acceptors (Lipinski definition) is 5. The predicted molar refractivity (Wildman–Crippen MR) is 107 cm³/mol. The first-order valence-electron chi connectivity index (χ1n) is 8.33. The van der Waals surface area contributed by atoms with Crippen LogP contribution in [0.1, 0.15) is 5.56 Å². The fraction of sp³-hybridized carbons (Fsp3) is 0.158. The minimum absolute atomic E-state index is 0.0257. The number of hydrogen-bond donors (Lipinski definition) is 2. The van der Waals surface area contributed by atoms with Crippen molar-refractivity contribution in [3.05, 3.63) is 63.9 Å². The Kier molecular flexibility index (Phi) is 6.42. The van der Waals surface area contributed by atoms with E-state index in [1.165, 1.54) is 0 Å². The maximum atomic E-state index is 12.4. The van der Waals surface area contributed by atoms with E-state index in [1.807, 2.05) is 24.3 Å². The Balaban J connectivity index is 1.66. The van der Waals surface area contributed by atoms with Crippen LogP contribution in [0.3, 0.4) is 0 Å². The molecule has 0 radical (unpaired) electrons. The van der Waals surface area contributed by atoms with Crippen LogP contribution in [-0.2, 0) is 17.9 Å². The van der Waals surface area contributed by atoms with Crippen LogP contribution in [0.15, 0.2) is 48.5 Å². The highest BCUT2D eigenvalue weighted by Crippen LogP contribution is 2.20. The summed E-state index contributed by atoms with van der Waals surface area (Å²) in [5.41, 5.74) is 1.66. The molecule has 2 N–H and O–H groups in total. The Labute approximate surface area is 171 Å². The normalized spacial score (nSPS) is 10.3. The van der Waals surface area contributed by atoms with Crippen LogP contribution in [0.5, 0.6) is 5.75 Å². The van der Waals surface area contributed by atoms with Gasteiger partial charge in [-0.25, -0.2) is 0 Å². The quantitative estimate of drug-likeness (QED) is 0.578. The van der Waals surface area contributed by atoms with Crippen LogP contribution in [-0.4, -0.2) is 27.3 Å². The van der Waals surface area contributed by atoms with Gasteiger partial charge in [-0.1, -0.05) is 23.7 Å². The number of carbonyl (C=O) groups excluding carboxylic acids is 1. The molecule has 2 aromatic carbocycles. The third kappa shape index (κ3) is 4.97. The Morgan fingerprint density at radius 3 is 2.86 bits per heavy atom. The highest BCUT2D eigenvalue weighted by Gasteiger charge is 2.12. The fourth-order valence-electron chi connectivity index (χ4n) is 2.54. The van der Waals surface area contributed by atoms with Gasteiger partial charge in [0.1, 0.15) is 18.4 Å². The zero-order valence-corrected chi connectivity index (χ0v) is 16.3. The van der Waals surface area contributed by atoms with Gasteiger partial charge in [-0.05, 0) is 54.2 Å². The second-order valence-electron chi connectivity index (χ2n) is 5.82. The molecule has 9 heteroatoms. The van der Waals surface area contributed by atoms with E-state index in [0.29, 0.717) is 27.9 Å². The average molecular weight is 414 g/mol. The van der Waals surface area contributed by atoms with Gasteiger partial charge in [0.05, 0.1) is 0 Å². The van der Waals surface area contributed by atoms with Crippen LogP contribution >= 0.6 is 23.8 Å². The Morgan fingerprint density at radius 2 is 2.11 bits per heavy atom. The highest BCUT2D eigenvalue weighted by atomic mass is 35.5. The van der Waals surface area contributed by atoms with Gasteiger partial charge in [0, 0.05) is 17.1 Å². The minimum Gasteiger partial charge on any atom is -0.479 e. The van der Waals surface area contributed by atoms with E-state index in [4.69, 9.17) is 33.8 Å². The number of aromatic amines is 1. The van der Waals surface area contributed by atoms with Crippen LogP contribution in [0.4, 0.5) is 0 Å². The van der Waals surface area contributed by atoms with Crippen LogP contribution in [0.2, 0.25) is 5.02 Å². The number of carbonyl (C=O) groups is 1. The number of amides is 1. The zero-order valence-electron chi connectivity index (χ0n) is 14.7. The van der Waals surface area contributed by atoms with Crippen LogP contribution in [0.25, 0.3) is 11.4 Å². The molecule has 3 aromatic rings. The first-order valence-corrected chi connectivity index (χ1v) is 9.12. The minimum atomic E-state index is -0.212. The molecule has 7 nitrogen and oxygen atoms in total. The van der Waals surface area contributed by atoms with Crippen molar-refractivity contribution < 1.29 is 9.53 Å². The van der Waals surface area contributed by atoms with Crippen LogP contribution in [0, 0.1) is 16.1 Å². The topological polar surface area (TPSA) is 95.7 Å². The molecular weight excluding hydrogens is 398 g/mol. The van der Waals surface area contributed by atoms with E-state index >= 15 is 0 Å². The summed E-state index contributed by atoms with van der Waals surface area (Å²) in [5, 5.41) is 19.0. The van der Waals surface area contributed by atoms with Gasteiger partial charge in [-0.3, -0.25) is 14.5 Å². The van der Waals surface area contributed by atoms with E-state index in [0.717, 1.165) is 11.1 Å². The van der Waals surface area contributed by atoms with Crippen molar-refractivity contribution in [1.29, 1.82) is 5.26 Å². The molecule has 1 heterocycles. The van der Waals surface area contributed by atoms with Gasteiger partial charge < -0.3 is 10.1 Å². The lowest BCUT2D eigenvalue weighted by Gasteiger charge is -2.09. The summed E-state index contributed by atoms with van der Waals surface area (Å²) in [4.78, 5) is 12.4. The number of nitrogens with one attached hydrogen (secondary N) is 2. The SMILES string of the molecule is N#CCOc1cccc(CNC(=O)Cn2c(-c3ccc(Cl)cc3)n[nH]c2=S)c1. The summed E-state index contributed by atoms with van der Waals surface area (Å²) < 4.78 is 7.24. The molecule has 0 aliphatic rings. The van der Waals surface area contributed by atoms with Crippen LogP contribution < -0.4 is 10.1 Å². The van der Waals surface area contributed by atoms with Gasteiger partial charge in [-0.15, -0.1) is 0 Å². The number of benzene rings is 2. The highest BCUT2D eigenvalue weighted by molar-refractivity contribution is 7.71. The number of aromatic nitrogens is 3. The van der Waals surface area contributed by atoms with E-state index in [1.54, 1.807) is 34.9 Å². The van der Waals surface area contributed by atoms with E-state index in [2.05, 4.69) is 15.5 Å². The molecule has 0 saturated carbocycles. The van der Waals surface area contributed by atoms with Crippen molar-refractivity contribution in [2.75, 3.05) is 6.61 Å². The summed E-state index contributed by atoms with van der Waals surface area (Å²) in [7, 11) is 0. The molecule has 3 rings (SSSR count). The molecule has 142 valence electrons. The molecule has 0 unspecified atom stereocenters. The monoisotopic (exact) mass is 413 g/mol. The number of nitrogens with zero attached hydrogens (tertiary/aromatic N) is 3. The van der Waals surface area contributed by atoms with Crippen molar-refractivity contribution >= 4 is 29.7 Å². The molecule has 0 spiro atoms. The zero-order chi connectivity index (χ0) is 19.9. The molecule has 0 aliphatic carbocycles. The third-order valence-electron chi connectivity index (χ3n) is 3.85. The predicted octanol–water partition coefficient (Wildman–Crippen LogP) is 3.48. The summed E-state index contributed by atoms with van der Waals surface area (Å²) in [6.07, 6.45) is 0. The maximum Gasteiger partial charge on any atom is 0.240 e. The molecule has 1 aromatic heterocycles. The van der Waals surface area contributed by atoms with Crippen molar-refractivity contribution in [3.8, 4) is 23.2 Å². The molecule has 0 atom stereocenters. The lowest BCUT2D eigenvalue weighted by molar-refractivity contribution is -0.121. The fourth-order valence-corrected chi connectivity index (χ4v) is 2.87. The first-order chi connectivity index (χ1) is 13.6. The van der Waals surface area contributed by atoms with E-state index in [9.17, 15) is 4.79 Å². The first kappa shape index (κ1) is 19.6. The molecule has 0 bridgehead atoms. The summed E-state index contributed by atoms with van der Waals surface area (Å²) in [6, 6.07) is 16.2. The lowest BCUT2D eigenvalue weighted by atomic mass is 10.2. The maximum absolute atomic E-state index is 12.4. The summed E-state index contributed by atoms with van der Waals surface area (Å²) in [6.45, 7) is 0.323. The van der Waals surface area contributed by atoms with Gasteiger partial charge in [-0.2, -0.15) is 10.4 Å². The van der Waals surface area contributed by atoms with Crippen molar-refractivity contribution in [3.63, 3.8) is 0 Å². The summed E-state index contributed by atoms with van der Waals surface area (Å²) in [5.74, 6) is 0.926. The standard InChI is InChI=1S/C19H16ClN5O2S/c20-15-6-4-14(5-7-15)18-23-24-19(28)25(18)12-17(26)22-11-13-2-1-3-16(10-13)27-9-8-21/h1-7,10H,9,11-12H2,(H,22,26)(H,24,28). The summed E-state index contributed by atoms with van der Waals surface area (Å²) >= 11 is 11.2. The Bertz CT molecular complexity index is 1070.